The number of methoxy groups -OCH3 is 1. The van der Waals surface area contributed by atoms with Gasteiger partial charge >= 0.3 is 5.97 Å². The Morgan fingerprint density at radius 1 is 1.21 bits per heavy atom. The minimum atomic E-state index is -0.402. The molecule has 0 heterocycles. The molecule has 0 saturated heterocycles. The van der Waals surface area contributed by atoms with E-state index < -0.39 is 5.92 Å². The second-order valence-electron chi connectivity index (χ2n) is 5.90. The molecule has 1 rings (SSSR count). The molecule has 6 heteroatoms. The van der Waals surface area contributed by atoms with E-state index in [1.165, 1.54) is 25.3 Å². The number of carbonyl (C=O) groups is 2. The predicted molar refractivity (Wildman–Crippen MR) is 91.7 cm³/mol. The number of hydrogen-bond donors (Lipinski definition) is 0. The summed E-state index contributed by atoms with van der Waals surface area (Å²) < 4.78 is 17.6. The first-order valence-corrected chi connectivity index (χ1v) is 7.78. The van der Waals surface area contributed by atoms with Crippen LogP contribution < -0.4 is 0 Å². The van der Waals surface area contributed by atoms with Crippen molar-refractivity contribution in [3.05, 3.63) is 41.7 Å². The van der Waals surface area contributed by atoms with Gasteiger partial charge in [-0.25, -0.2) is 4.39 Å². The zero-order chi connectivity index (χ0) is 18.1. The molecule has 0 aliphatic rings. The lowest BCUT2D eigenvalue weighted by Crippen LogP contribution is -2.40. The first-order valence-electron chi connectivity index (χ1n) is 7.78. The Morgan fingerprint density at radius 2 is 1.83 bits per heavy atom. The zero-order valence-electron chi connectivity index (χ0n) is 14.7. The highest BCUT2D eigenvalue weighted by Gasteiger charge is 2.20. The number of nitrogens with zero attached hydrogens (tertiary/aromatic N) is 2. The van der Waals surface area contributed by atoms with Gasteiger partial charge in [0.25, 0.3) is 0 Å². The van der Waals surface area contributed by atoms with Gasteiger partial charge in [-0.05, 0) is 37.9 Å². The van der Waals surface area contributed by atoms with Crippen molar-refractivity contribution in [1.82, 2.24) is 9.80 Å². The third-order valence-corrected chi connectivity index (χ3v) is 3.51. The van der Waals surface area contributed by atoms with Gasteiger partial charge in [-0.15, -0.1) is 0 Å². The van der Waals surface area contributed by atoms with Crippen molar-refractivity contribution in [2.75, 3.05) is 40.8 Å². The molecule has 0 aliphatic heterocycles. The Hall–Kier alpha value is -2.21. The van der Waals surface area contributed by atoms with Crippen LogP contribution in [0.4, 0.5) is 4.39 Å². The van der Waals surface area contributed by atoms with Gasteiger partial charge in [0.05, 0.1) is 13.0 Å². The number of rotatable bonds is 8. The molecule has 0 spiro atoms. The Balaban J connectivity index is 2.77. The molecule has 0 aliphatic carbocycles. The van der Waals surface area contributed by atoms with Crippen LogP contribution in [-0.2, 0) is 14.3 Å². The van der Waals surface area contributed by atoms with Crippen LogP contribution in [0.3, 0.4) is 0 Å². The Bertz CT molecular complexity index is 570. The van der Waals surface area contributed by atoms with Crippen LogP contribution in [0, 0.1) is 11.7 Å². The summed E-state index contributed by atoms with van der Waals surface area (Å²) in [6.07, 6.45) is 3.07. The van der Waals surface area contributed by atoms with Gasteiger partial charge in [0.2, 0.25) is 5.91 Å². The molecule has 5 nitrogen and oxygen atoms in total. The van der Waals surface area contributed by atoms with Gasteiger partial charge in [0, 0.05) is 25.7 Å². The van der Waals surface area contributed by atoms with E-state index in [4.69, 9.17) is 4.74 Å². The van der Waals surface area contributed by atoms with E-state index >= 15 is 0 Å². The average molecular weight is 336 g/mol. The van der Waals surface area contributed by atoms with Crippen molar-refractivity contribution in [2.24, 2.45) is 5.92 Å². The molecule has 0 bridgehead atoms. The molecule has 0 aromatic heterocycles. The quantitative estimate of drug-likeness (QED) is 0.538. The number of benzene rings is 1. The van der Waals surface area contributed by atoms with E-state index in [2.05, 4.69) is 0 Å². The van der Waals surface area contributed by atoms with Gasteiger partial charge in [0.1, 0.15) is 5.82 Å². The largest absolute Gasteiger partial charge is 0.469 e. The summed E-state index contributed by atoms with van der Waals surface area (Å²) in [5.41, 5.74) is 0.735. The summed E-state index contributed by atoms with van der Waals surface area (Å²) in [5, 5.41) is 0. The highest BCUT2D eigenvalue weighted by molar-refractivity contribution is 5.92. The fourth-order valence-electron chi connectivity index (χ4n) is 2.07. The van der Waals surface area contributed by atoms with E-state index in [0.29, 0.717) is 13.1 Å². The number of carbonyl (C=O) groups excluding carboxylic acids is 2. The molecule has 1 aromatic carbocycles. The molecule has 0 N–H and O–H groups in total. The van der Waals surface area contributed by atoms with E-state index in [-0.39, 0.29) is 24.2 Å². The molecule has 24 heavy (non-hydrogen) atoms. The summed E-state index contributed by atoms with van der Waals surface area (Å²) in [6, 6.07) is 5.88. The lowest BCUT2D eigenvalue weighted by atomic mass is 10.1. The van der Waals surface area contributed by atoms with Crippen molar-refractivity contribution in [1.29, 1.82) is 0 Å². The fourth-order valence-corrected chi connectivity index (χ4v) is 2.07. The maximum Gasteiger partial charge on any atom is 0.310 e. The summed E-state index contributed by atoms with van der Waals surface area (Å²) in [7, 11) is 5.17. The molecular weight excluding hydrogens is 311 g/mol. The predicted octanol–water partition coefficient (Wildman–Crippen LogP) is 2.04. The average Bonchev–Trinajstić information content (AvgIpc) is 2.56. The molecule has 0 saturated carbocycles. The first-order chi connectivity index (χ1) is 11.3. The van der Waals surface area contributed by atoms with Crippen molar-refractivity contribution in [3.63, 3.8) is 0 Å². The van der Waals surface area contributed by atoms with Crippen molar-refractivity contribution in [3.8, 4) is 0 Å². The summed E-state index contributed by atoms with van der Waals surface area (Å²) in [6.45, 7) is 3.20. The van der Waals surface area contributed by atoms with E-state index in [1.807, 2.05) is 19.0 Å². The van der Waals surface area contributed by atoms with Gasteiger partial charge < -0.3 is 14.5 Å². The van der Waals surface area contributed by atoms with Crippen LogP contribution in [0.15, 0.2) is 30.3 Å². The summed E-state index contributed by atoms with van der Waals surface area (Å²) in [4.78, 5) is 27.6. The number of halogens is 1. The smallest absolute Gasteiger partial charge is 0.310 e. The minimum absolute atomic E-state index is 0.197. The molecule has 1 unspecified atom stereocenters. The second kappa shape index (κ2) is 9.82. The number of esters is 1. The van der Waals surface area contributed by atoms with Gasteiger partial charge in [-0.1, -0.05) is 19.1 Å². The molecule has 132 valence electrons. The highest BCUT2D eigenvalue weighted by Crippen LogP contribution is 2.07. The van der Waals surface area contributed by atoms with Crippen LogP contribution in [-0.4, -0.2) is 62.5 Å². The SMILES string of the molecule is COC(=O)C(C)CN(CCN(C)C)C(=O)/C=C/c1ccc(F)cc1. The maximum absolute atomic E-state index is 12.9. The van der Waals surface area contributed by atoms with Crippen LogP contribution in [0.2, 0.25) is 0 Å². The Kier molecular flexibility index (Phi) is 8.12. The summed E-state index contributed by atoms with van der Waals surface area (Å²) >= 11 is 0. The van der Waals surface area contributed by atoms with Crippen LogP contribution >= 0.6 is 0 Å². The van der Waals surface area contributed by atoms with Crippen molar-refractivity contribution < 1.29 is 18.7 Å². The number of ether oxygens (including phenoxy) is 1. The first kappa shape index (κ1) is 19.8. The van der Waals surface area contributed by atoms with Gasteiger partial charge in [0.15, 0.2) is 0 Å². The molecule has 0 fully saturated rings. The number of amides is 1. The molecular formula is C18H25FN2O3. The fraction of sp³-hybridized carbons (Fsp3) is 0.444. The van der Waals surface area contributed by atoms with Crippen molar-refractivity contribution in [2.45, 2.75) is 6.92 Å². The molecule has 1 aromatic rings. The molecule has 0 radical (unpaired) electrons. The zero-order valence-corrected chi connectivity index (χ0v) is 14.7. The Labute approximate surface area is 142 Å². The lowest BCUT2D eigenvalue weighted by Gasteiger charge is -2.25. The number of likely N-dealkylation sites (N-methyl/N-ethyl adjacent to an activating group) is 1. The van der Waals surface area contributed by atoms with Crippen LogP contribution in [0.5, 0.6) is 0 Å². The Morgan fingerprint density at radius 3 is 2.38 bits per heavy atom. The molecule has 1 atom stereocenters. The monoisotopic (exact) mass is 336 g/mol. The number of hydrogen-bond acceptors (Lipinski definition) is 4. The lowest BCUT2D eigenvalue weighted by molar-refractivity contribution is -0.146. The third kappa shape index (κ3) is 6.91. The summed E-state index contributed by atoms with van der Waals surface area (Å²) in [5.74, 6) is -1.27. The standard InChI is InChI=1S/C18H25FN2O3/c1-14(18(23)24-4)13-21(12-11-20(2)3)17(22)10-7-15-5-8-16(19)9-6-15/h5-10,14H,11-13H2,1-4H3/b10-7+. The molecule has 1 amide bonds. The van der Waals surface area contributed by atoms with Gasteiger partial charge in [-0.2, -0.15) is 0 Å². The topological polar surface area (TPSA) is 49.9 Å². The van der Waals surface area contributed by atoms with Crippen molar-refractivity contribution >= 4 is 18.0 Å². The van der Waals surface area contributed by atoms with Gasteiger partial charge in [-0.3, -0.25) is 9.59 Å². The van der Waals surface area contributed by atoms with Crippen LogP contribution in [0.25, 0.3) is 6.08 Å². The minimum Gasteiger partial charge on any atom is -0.469 e. The second-order valence-corrected chi connectivity index (χ2v) is 5.90. The highest BCUT2D eigenvalue weighted by atomic mass is 19.1. The van der Waals surface area contributed by atoms with Crippen LogP contribution in [0.1, 0.15) is 12.5 Å². The van der Waals surface area contributed by atoms with E-state index in [9.17, 15) is 14.0 Å². The maximum atomic E-state index is 12.9. The third-order valence-electron chi connectivity index (χ3n) is 3.51. The van der Waals surface area contributed by atoms with E-state index in [0.717, 1.165) is 5.56 Å². The van der Waals surface area contributed by atoms with E-state index in [1.54, 1.807) is 30.0 Å². The normalized spacial score (nSPS) is 12.4.